The summed E-state index contributed by atoms with van der Waals surface area (Å²) in [6, 6.07) is 24.5. The molecular formula is C32H38N2O5. The van der Waals surface area contributed by atoms with Crippen molar-refractivity contribution < 1.29 is 24.2 Å². The Bertz CT molecular complexity index is 1260. The molecule has 0 radical (unpaired) electrons. The van der Waals surface area contributed by atoms with Crippen LogP contribution in [0.5, 0.6) is 0 Å². The van der Waals surface area contributed by atoms with E-state index in [1.165, 1.54) is 7.11 Å². The zero-order valence-electron chi connectivity index (χ0n) is 23.1. The van der Waals surface area contributed by atoms with Gasteiger partial charge < -0.3 is 24.4 Å². The minimum Gasteiger partial charge on any atom is -0.394 e. The number of aliphatic hydroxyl groups excluding tert-OH is 1. The maximum absolute atomic E-state index is 13.9. The molecule has 3 aromatic carbocycles. The number of fused-ring (bicyclic) bond motifs is 3. The zero-order chi connectivity index (χ0) is 27.9. The van der Waals surface area contributed by atoms with Crippen LogP contribution in [-0.2, 0) is 20.9 Å². The van der Waals surface area contributed by atoms with Gasteiger partial charge in [0.15, 0.2) is 6.10 Å². The van der Waals surface area contributed by atoms with Crippen LogP contribution in [0, 0.1) is 5.92 Å². The molecule has 0 fully saturated rings. The first kappa shape index (κ1) is 28.5. The molecule has 0 aromatic heterocycles. The van der Waals surface area contributed by atoms with Gasteiger partial charge in [-0.1, -0.05) is 79.7 Å². The van der Waals surface area contributed by atoms with Gasteiger partial charge in [0.25, 0.3) is 11.8 Å². The fraction of sp³-hybridized carbons (Fsp3) is 0.375. The van der Waals surface area contributed by atoms with Crippen molar-refractivity contribution in [2.75, 3.05) is 33.9 Å². The SMILES string of the molecule is CO[C@H](C(=O)N(C)C[C@H]1OCc2ccccc2-c2ccccc2C(=O)N([C@@H](C)CO)C[C@@H]1C)c1ccccc1. The van der Waals surface area contributed by atoms with Crippen LogP contribution in [0.15, 0.2) is 78.9 Å². The van der Waals surface area contributed by atoms with Gasteiger partial charge in [0.1, 0.15) is 0 Å². The summed E-state index contributed by atoms with van der Waals surface area (Å²) in [5.41, 5.74) is 4.11. The van der Waals surface area contributed by atoms with Crippen molar-refractivity contribution >= 4 is 11.8 Å². The second-order valence-electron chi connectivity index (χ2n) is 10.3. The van der Waals surface area contributed by atoms with Crippen LogP contribution in [0.3, 0.4) is 0 Å². The Morgan fingerprint density at radius 3 is 2.31 bits per heavy atom. The van der Waals surface area contributed by atoms with Crippen molar-refractivity contribution in [1.29, 1.82) is 0 Å². The Morgan fingerprint density at radius 1 is 1.03 bits per heavy atom. The van der Waals surface area contributed by atoms with Gasteiger partial charge >= 0.3 is 0 Å². The number of amides is 2. The van der Waals surface area contributed by atoms with E-state index >= 15 is 0 Å². The Morgan fingerprint density at radius 2 is 1.64 bits per heavy atom. The van der Waals surface area contributed by atoms with Gasteiger partial charge in [-0.25, -0.2) is 0 Å². The smallest absolute Gasteiger partial charge is 0.256 e. The Balaban J connectivity index is 1.68. The Kier molecular flexibility index (Phi) is 9.51. The van der Waals surface area contributed by atoms with Crippen LogP contribution in [0.1, 0.15) is 41.4 Å². The summed E-state index contributed by atoms with van der Waals surface area (Å²) in [6.45, 7) is 4.72. The van der Waals surface area contributed by atoms with E-state index in [1.54, 1.807) is 16.8 Å². The molecule has 4 rings (SSSR count). The summed E-state index contributed by atoms with van der Waals surface area (Å²) in [7, 11) is 3.28. The normalized spacial score (nSPS) is 19.3. The molecule has 1 heterocycles. The van der Waals surface area contributed by atoms with Crippen LogP contribution >= 0.6 is 0 Å². The first-order chi connectivity index (χ1) is 18.8. The molecule has 0 saturated heterocycles. The summed E-state index contributed by atoms with van der Waals surface area (Å²) < 4.78 is 12.1. The number of benzene rings is 3. The predicted octanol–water partition coefficient (Wildman–Crippen LogP) is 4.56. The van der Waals surface area contributed by atoms with Gasteiger partial charge in [0, 0.05) is 38.7 Å². The molecule has 0 bridgehead atoms. The first-order valence-corrected chi connectivity index (χ1v) is 13.4. The second kappa shape index (κ2) is 13.0. The summed E-state index contributed by atoms with van der Waals surface area (Å²) in [5, 5.41) is 10.0. The lowest BCUT2D eigenvalue weighted by atomic mass is 9.94. The van der Waals surface area contributed by atoms with Crippen molar-refractivity contribution in [3.05, 3.63) is 95.6 Å². The number of carbonyl (C=O) groups excluding carboxylic acids is 2. The summed E-state index contributed by atoms with van der Waals surface area (Å²) >= 11 is 0. The maximum Gasteiger partial charge on any atom is 0.256 e. The summed E-state index contributed by atoms with van der Waals surface area (Å²) in [5.74, 6) is -0.436. The maximum atomic E-state index is 13.9. The van der Waals surface area contributed by atoms with Crippen LogP contribution < -0.4 is 0 Å². The van der Waals surface area contributed by atoms with Crippen molar-refractivity contribution in [3.8, 4) is 11.1 Å². The fourth-order valence-electron chi connectivity index (χ4n) is 5.12. The molecule has 2 amide bonds. The average Bonchev–Trinajstić information content (AvgIpc) is 2.99. The fourth-order valence-corrected chi connectivity index (χ4v) is 5.12. The molecule has 1 aliphatic heterocycles. The third-order valence-electron chi connectivity index (χ3n) is 7.49. The molecule has 3 aromatic rings. The van der Waals surface area contributed by atoms with Crippen molar-refractivity contribution in [1.82, 2.24) is 9.80 Å². The summed E-state index contributed by atoms with van der Waals surface area (Å²) in [4.78, 5) is 30.8. The molecule has 4 atom stereocenters. The van der Waals surface area contributed by atoms with E-state index in [4.69, 9.17) is 9.47 Å². The first-order valence-electron chi connectivity index (χ1n) is 13.4. The van der Waals surface area contributed by atoms with E-state index in [-0.39, 0.29) is 36.5 Å². The molecule has 0 aliphatic carbocycles. The van der Waals surface area contributed by atoms with Gasteiger partial charge in [-0.3, -0.25) is 9.59 Å². The van der Waals surface area contributed by atoms with Gasteiger partial charge in [-0.15, -0.1) is 0 Å². The molecule has 206 valence electrons. The summed E-state index contributed by atoms with van der Waals surface area (Å²) in [6.07, 6.45) is -1.10. The number of methoxy groups -OCH3 is 1. The Hall–Kier alpha value is -3.52. The quantitative estimate of drug-likeness (QED) is 0.485. The molecule has 0 unspecified atom stereocenters. The lowest BCUT2D eigenvalue weighted by Crippen LogP contribution is -2.48. The highest BCUT2D eigenvalue weighted by Gasteiger charge is 2.32. The highest BCUT2D eigenvalue weighted by molar-refractivity contribution is 6.01. The van der Waals surface area contributed by atoms with Crippen molar-refractivity contribution in [2.24, 2.45) is 5.92 Å². The molecule has 0 spiro atoms. The van der Waals surface area contributed by atoms with Crippen LogP contribution in [0.25, 0.3) is 11.1 Å². The van der Waals surface area contributed by atoms with Gasteiger partial charge in [0.2, 0.25) is 0 Å². The molecule has 7 heteroatoms. The molecule has 0 saturated carbocycles. The molecular weight excluding hydrogens is 492 g/mol. The number of hydrogen-bond donors (Lipinski definition) is 1. The third-order valence-corrected chi connectivity index (χ3v) is 7.49. The lowest BCUT2D eigenvalue weighted by Gasteiger charge is -2.35. The number of carbonyl (C=O) groups is 2. The minimum atomic E-state index is -0.725. The van der Waals surface area contributed by atoms with Gasteiger partial charge in [-0.05, 0) is 35.2 Å². The highest BCUT2D eigenvalue weighted by atomic mass is 16.5. The average molecular weight is 531 g/mol. The van der Waals surface area contributed by atoms with E-state index < -0.39 is 6.10 Å². The van der Waals surface area contributed by atoms with Gasteiger partial charge in [0.05, 0.1) is 25.4 Å². The van der Waals surface area contributed by atoms with Crippen LogP contribution in [0.2, 0.25) is 0 Å². The Labute approximate surface area is 231 Å². The molecule has 39 heavy (non-hydrogen) atoms. The number of aliphatic hydroxyl groups is 1. The number of ether oxygens (including phenoxy) is 2. The van der Waals surface area contributed by atoms with E-state index in [2.05, 4.69) is 0 Å². The predicted molar refractivity (Wildman–Crippen MR) is 151 cm³/mol. The molecule has 1 N–H and O–H groups in total. The lowest BCUT2D eigenvalue weighted by molar-refractivity contribution is -0.143. The van der Waals surface area contributed by atoms with Crippen LogP contribution in [-0.4, -0.2) is 72.7 Å². The molecule has 1 aliphatic rings. The zero-order valence-corrected chi connectivity index (χ0v) is 23.1. The van der Waals surface area contributed by atoms with Crippen molar-refractivity contribution in [2.45, 2.75) is 38.7 Å². The number of nitrogens with zero attached hydrogens (tertiary/aromatic N) is 2. The minimum absolute atomic E-state index is 0.131. The van der Waals surface area contributed by atoms with Crippen molar-refractivity contribution in [3.63, 3.8) is 0 Å². The van der Waals surface area contributed by atoms with E-state index in [0.29, 0.717) is 25.3 Å². The topological polar surface area (TPSA) is 79.3 Å². The third kappa shape index (κ3) is 6.38. The van der Waals surface area contributed by atoms with Crippen LogP contribution in [0.4, 0.5) is 0 Å². The number of rotatable bonds is 7. The van der Waals surface area contributed by atoms with E-state index in [1.807, 2.05) is 92.7 Å². The van der Waals surface area contributed by atoms with E-state index in [0.717, 1.165) is 22.3 Å². The largest absolute Gasteiger partial charge is 0.394 e. The number of likely N-dealkylation sites (N-methyl/N-ethyl adjacent to an activating group) is 1. The standard InChI is InChI=1S/C32H38N2O5/c1-22-18-34(23(2)20-35)31(36)28-17-11-10-16-27(28)26-15-9-8-14-25(26)21-39-29(22)19-33(3)32(37)30(38-4)24-12-6-5-7-13-24/h5-17,22-23,29-30,35H,18-21H2,1-4H3/t22-,23-,29+,30-/m0/s1. The number of hydrogen-bond acceptors (Lipinski definition) is 5. The highest BCUT2D eigenvalue weighted by Crippen LogP contribution is 2.31. The molecule has 7 nitrogen and oxygen atoms in total. The van der Waals surface area contributed by atoms with Gasteiger partial charge in [-0.2, -0.15) is 0 Å². The monoisotopic (exact) mass is 530 g/mol. The van der Waals surface area contributed by atoms with E-state index in [9.17, 15) is 14.7 Å². The second-order valence-corrected chi connectivity index (χ2v) is 10.3.